The van der Waals surface area contributed by atoms with Gasteiger partial charge < -0.3 is 10.4 Å². The van der Waals surface area contributed by atoms with Gasteiger partial charge in [-0.15, -0.1) is 0 Å². The number of carbonyl (C=O) groups excluding carboxylic acids is 1. The van der Waals surface area contributed by atoms with E-state index in [1.54, 1.807) is 6.20 Å². The lowest BCUT2D eigenvalue weighted by Crippen LogP contribution is -2.30. The molecule has 25 heavy (non-hydrogen) atoms. The van der Waals surface area contributed by atoms with Crippen molar-refractivity contribution in [2.24, 2.45) is 5.92 Å². The maximum Gasteiger partial charge on any atom is 0.223 e. The molecule has 3 rings (SSSR count). The van der Waals surface area contributed by atoms with E-state index in [-0.39, 0.29) is 29.7 Å². The number of rotatable bonds is 5. The molecule has 1 aliphatic rings. The van der Waals surface area contributed by atoms with Gasteiger partial charge in [-0.1, -0.05) is 51.1 Å². The van der Waals surface area contributed by atoms with Crippen LogP contribution in [0.5, 0.6) is 0 Å². The quantitative estimate of drug-likeness (QED) is 0.879. The van der Waals surface area contributed by atoms with Gasteiger partial charge in [-0.05, 0) is 40.5 Å². The summed E-state index contributed by atoms with van der Waals surface area (Å²) in [6, 6.07) is 11.9. The molecule has 4 heteroatoms. The predicted octanol–water partition coefficient (Wildman–Crippen LogP) is 3.33. The number of amides is 1. The van der Waals surface area contributed by atoms with E-state index < -0.39 is 6.10 Å². The van der Waals surface area contributed by atoms with Crippen molar-refractivity contribution < 1.29 is 9.90 Å². The highest BCUT2D eigenvalue weighted by molar-refractivity contribution is 5.82. The maximum absolute atomic E-state index is 12.3. The molecule has 0 radical (unpaired) electrons. The lowest BCUT2D eigenvalue weighted by atomic mass is 9.86. The summed E-state index contributed by atoms with van der Waals surface area (Å²) in [5.41, 5.74) is 3.25. The van der Waals surface area contributed by atoms with E-state index in [0.29, 0.717) is 0 Å². The molecule has 0 aliphatic heterocycles. The third kappa shape index (κ3) is 4.26. The fourth-order valence-electron chi connectivity index (χ4n) is 3.10. The number of nitrogens with zero attached hydrogens (tertiary/aromatic N) is 1. The van der Waals surface area contributed by atoms with Crippen molar-refractivity contribution in [2.75, 3.05) is 6.54 Å². The van der Waals surface area contributed by atoms with Crippen molar-refractivity contribution in [1.82, 2.24) is 10.3 Å². The number of hydrogen-bond donors (Lipinski definition) is 2. The van der Waals surface area contributed by atoms with Gasteiger partial charge in [-0.2, -0.15) is 0 Å². The van der Waals surface area contributed by atoms with E-state index in [2.05, 4.69) is 31.1 Å². The van der Waals surface area contributed by atoms with Crippen molar-refractivity contribution in [3.63, 3.8) is 0 Å². The van der Waals surface area contributed by atoms with Crippen LogP contribution in [0, 0.1) is 5.92 Å². The Balaban J connectivity index is 1.51. The Hall–Kier alpha value is -2.20. The molecule has 1 fully saturated rings. The van der Waals surface area contributed by atoms with Crippen molar-refractivity contribution in [3.8, 4) is 0 Å². The second-order valence-corrected chi connectivity index (χ2v) is 7.87. The van der Waals surface area contributed by atoms with Crippen molar-refractivity contribution >= 4 is 5.91 Å². The third-order valence-corrected chi connectivity index (χ3v) is 4.87. The Labute approximate surface area is 149 Å². The van der Waals surface area contributed by atoms with Crippen LogP contribution in [-0.2, 0) is 10.2 Å². The van der Waals surface area contributed by atoms with E-state index in [1.165, 1.54) is 5.56 Å². The fraction of sp³-hybridized carbons (Fsp3) is 0.429. The molecule has 0 unspecified atom stereocenters. The van der Waals surface area contributed by atoms with Crippen LogP contribution in [0.3, 0.4) is 0 Å². The van der Waals surface area contributed by atoms with Crippen LogP contribution in [0.4, 0.5) is 0 Å². The summed E-state index contributed by atoms with van der Waals surface area (Å²) in [6.45, 7) is 6.72. The summed E-state index contributed by atoms with van der Waals surface area (Å²) in [5, 5.41) is 13.2. The number of benzene rings is 1. The monoisotopic (exact) mass is 338 g/mol. The summed E-state index contributed by atoms with van der Waals surface area (Å²) in [4.78, 5) is 16.4. The molecule has 1 amide bonds. The van der Waals surface area contributed by atoms with Gasteiger partial charge >= 0.3 is 0 Å². The molecule has 1 heterocycles. The standard InChI is InChI=1S/C21H26N2O2/c1-21(2,3)16-8-6-14(7-9-16)19(24)13-23-20(25)18-11-17(18)15-5-4-10-22-12-15/h4-10,12,17-19,24H,11,13H2,1-3H3,(H,23,25)/t17-,18+,19-/m1/s1. The second kappa shape index (κ2) is 6.96. The van der Waals surface area contributed by atoms with Gasteiger partial charge in [0.1, 0.15) is 0 Å². The first-order valence-electron chi connectivity index (χ1n) is 8.82. The minimum absolute atomic E-state index is 0.000309. The Morgan fingerprint density at radius 2 is 2.00 bits per heavy atom. The molecule has 3 atom stereocenters. The zero-order valence-electron chi connectivity index (χ0n) is 15.1. The highest BCUT2D eigenvalue weighted by Crippen LogP contribution is 2.47. The lowest BCUT2D eigenvalue weighted by molar-refractivity contribution is -0.122. The molecule has 1 aromatic carbocycles. The number of aliphatic hydroxyl groups excluding tert-OH is 1. The Morgan fingerprint density at radius 3 is 2.60 bits per heavy atom. The van der Waals surface area contributed by atoms with Crippen LogP contribution < -0.4 is 5.32 Å². The lowest BCUT2D eigenvalue weighted by Gasteiger charge is -2.20. The van der Waals surface area contributed by atoms with E-state index in [9.17, 15) is 9.90 Å². The molecule has 132 valence electrons. The van der Waals surface area contributed by atoms with E-state index in [4.69, 9.17) is 0 Å². The minimum Gasteiger partial charge on any atom is -0.387 e. The second-order valence-electron chi connectivity index (χ2n) is 7.87. The van der Waals surface area contributed by atoms with Crippen LogP contribution in [0.2, 0.25) is 0 Å². The smallest absolute Gasteiger partial charge is 0.223 e. The molecule has 2 N–H and O–H groups in total. The largest absolute Gasteiger partial charge is 0.387 e. The van der Waals surface area contributed by atoms with Gasteiger partial charge in [0.2, 0.25) is 5.91 Å². The van der Waals surface area contributed by atoms with Crippen LogP contribution in [-0.4, -0.2) is 22.5 Å². The van der Waals surface area contributed by atoms with Crippen molar-refractivity contribution in [1.29, 1.82) is 0 Å². The number of nitrogens with one attached hydrogen (secondary N) is 1. The van der Waals surface area contributed by atoms with Crippen molar-refractivity contribution in [3.05, 3.63) is 65.5 Å². The first kappa shape index (κ1) is 17.6. The highest BCUT2D eigenvalue weighted by Gasteiger charge is 2.43. The van der Waals surface area contributed by atoms with Gasteiger partial charge in [0.25, 0.3) is 0 Å². The maximum atomic E-state index is 12.3. The summed E-state index contributed by atoms with van der Waals surface area (Å²) >= 11 is 0. The number of pyridine rings is 1. The molecule has 1 aliphatic carbocycles. The average Bonchev–Trinajstić information content (AvgIpc) is 3.40. The molecule has 1 saturated carbocycles. The van der Waals surface area contributed by atoms with E-state index in [0.717, 1.165) is 17.5 Å². The van der Waals surface area contributed by atoms with Crippen LogP contribution in [0.25, 0.3) is 0 Å². The first-order valence-corrected chi connectivity index (χ1v) is 8.82. The van der Waals surface area contributed by atoms with Gasteiger partial charge in [0, 0.05) is 24.9 Å². The molecular formula is C21H26N2O2. The normalized spacial score (nSPS) is 20.8. The van der Waals surface area contributed by atoms with Crippen LogP contribution >= 0.6 is 0 Å². The molecule has 4 nitrogen and oxygen atoms in total. The molecule has 0 bridgehead atoms. The third-order valence-electron chi connectivity index (χ3n) is 4.87. The van der Waals surface area contributed by atoms with E-state index in [1.807, 2.05) is 42.6 Å². The minimum atomic E-state index is -0.687. The Morgan fingerprint density at radius 1 is 1.28 bits per heavy atom. The summed E-state index contributed by atoms with van der Waals surface area (Å²) in [5.74, 6) is 0.274. The SMILES string of the molecule is CC(C)(C)c1ccc([C@H](O)CNC(=O)[C@H]2C[C@@H]2c2cccnc2)cc1. The number of hydrogen-bond acceptors (Lipinski definition) is 3. The number of aliphatic hydroxyl groups is 1. The van der Waals surface area contributed by atoms with E-state index >= 15 is 0 Å². The molecule has 0 saturated heterocycles. The molecule has 1 aromatic heterocycles. The van der Waals surface area contributed by atoms with Crippen molar-refractivity contribution in [2.45, 2.75) is 44.6 Å². The molecular weight excluding hydrogens is 312 g/mol. The zero-order chi connectivity index (χ0) is 18.0. The molecule has 0 spiro atoms. The predicted molar refractivity (Wildman–Crippen MR) is 98.2 cm³/mol. The molecule has 2 aromatic rings. The zero-order valence-corrected chi connectivity index (χ0v) is 15.1. The van der Waals surface area contributed by atoms with Crippen LogP contribution in [0.1, 0.15) is 55.9 Å². The Bertz CT molecular complexity index is 720. The number of carbonyl (C=O) groups is 1. The fourth-order valence-corrected chi connectivity index (χ4v) is 3.10. The summed E-state index contributed by atoms with van der Waals surface area (Å²) < 4.78 is 0. The average molecular weight is 338 g/mol. The first-order chi connectivity index (χ1) is 11.9. The topological polar surface area (TPSA) is 62.2 Å². The highest BCUT2D eigenvalue weighted by atomic mass is 16.3. The van der Waals surface area contributed by atoms with Gasteiger partial charge in [0.05, 0.1) is 6.10 Å². The summed E-state index contributed by atoms with van der Waals surface area (Å²) in [7, 11) is 0. The summed E-state index contributed by atoms with van der Waals surface area (Å²) in [6.07, 6.45) is 3.73. The van der Waals surface area contributed by atoms with Crippen LogP contribution in [0.15, 0.2) is 48.8 Å². The Kier molecular flexibility index (Phi) is 4.91. The van der Waals surface area contributed by atoms with Gasteiger partial charge in [-0.25, -0.2) is 0 Å². The van der Waals surface area contributed by atoms with Gasteiger partial charge in [-0.3, -0.25) is 9.78 Å². The number of aromatic nitrogens is 1. The van der Waals surface area contributed by atoms with Gasteiger partial charge in [0.15, 0.2) is 0 Å².